The van der Waals surface area contributed by atoms with Crippen molar-refractivity contribution in [2.45, 2.75) is 70.4 Å². The maximum absolute atomic E-state index is 13.2. The molecule has 2 aromatic heterocycles. The summed E-state index contributed by atoms with van der Waals surface area (Å²) in [4.78, 5) is 51.1. The van der Waals surface area contributed by atoms with Gasteiger partial charge in [0.15, 0.2) is 11.2 Å². The van der Waals surface area contributed by atoms with E-state index in [0.29, 0.717) is 34.7 Å². The molecule has 0 saturated heterocycles. The fraction of sp³-hybridized carbons (Fsp3) is 0.458. The molecule has 0 radical (unpaired) electrons. The van der Waals surface area contributed by atoms with Crippen LogP contribution in [0.15, 0.2) is 40.6 Å². The molecule has 1 atom stereocenters. The number of hydrogen-bond acceptors (Lipinski definition) is 7. The van der Waals surface area contributed by atoms with E-state index in [4.69, 9.17) is 4.74 Å². The highest BCUT2D eigenvalue weighted by molar-refractivity contribution is 7.13. The smallest absolute Gasteiger partial charge is 0.306 e. The summed E-state index contributed by atoms with van der Waals surface area (Å²) >= 11 is 1.42. The van der Waals surface area contributed by atoms with Crippen LogP contribution in [0.1, 0.15) is 57.7 Å². The zero-order valence-electron chi connectivity index (χ0n) is 18.7. The Morgan fingerprint density at radius 2 is 2.03 bits per heavy atom. The number of ether oxygens (including phenoxy) is 1. The Morgan fingerprint density at radius 3 is 2.79 bits per heavy atom. The number of hydrogen-bond donors (Lipinski definition) is 1. The molecular weight excluding hydrogens is 440 g/mol. The SMILES string of the molecule is CC(OC(=O)CCCc1nc2ccccc2c(=O)[nH]1)C(=O)N(c1nccs1)C1CCCCC1. The number of aromatic amines is 1. The second-order valence-electron chi connectivity index (χ2n) is 8.33. The quantitative estimate of drug-likeness (QED) is 0.501. The van der Waals surface area contributed by atoms with Crippen LogP contribution in [0, 0.1) is 0 Å². The number of amides is 1. The number of para-hydroxylation sites is 1. The fourth-order valence-corrected chi connectivity index (χ4v) is 4.98. The van der Waals surface area contributed by atoms with Crippen LogP contribution in [0.2, 0.25) is 0 Å². The first-order valence-corrected chi connectivity index (χ1v) is 12.3. The summed E-state index contributed by atoms with van der Waals surface area (Å²) in [6, 6.07) is 7.23. The van der Waals surface area contributed by atoms with Gasteiger partial charge < -0.3 is 9.72 Å². The summed E-state index contributed by atoms with van der Waals surface area (Å²) in [5, 5.41) is 3.04. The first kappa shape index (κ1) is 23.1. The molecule has 1 aromatic carbocycles. The summed E-state index contributed by atoms with van der Waals surface area (Å²) in [5.41, 5.74) is 0.436. The molecule has 1 aliphatic carbocycles. The molecule has 0 spiro atoms. The molecule has 33 heavy (non-hydrogen) atoms. The van der Waals surface area contributed by atoms with Gasteiger partial charge in [-0.3, -0.25) is 19.3 Å². The average molecular weight is 469 g/mol. The van der Waals surface area contributed by atoms with Crippen molar-refractivity contribution in [2.75, 3.05) is 4.90 Å². The van der Waals surface area contributed by atoms with E-state index in [9.17, 15) is 14.4 Å². The van der Waals surface area contributed by atoms with Crippen LogP contribution >= 0.6 is 11.3 Å². The lowest BCUT2D eigenvalue weighted by molar-refractivity contribution is -0.154. The number of anilines is 1. The molecular formula is C24H28N4O4S. The predicted molar refractivity (Wildman–Crippen MR) is 127 cm³/mol. The van der Waals surface area contributed by atoms with E-state index in [1.165, 1.54) is 17.8 Å². The topological polar surface area (TPSA) is 105 Å². The second-order valence-corrected chi connectivity index (χ2v) is 9.20. The van der Waals surface area contributed by atoms with E-state index in [0.717, 1.165) is 25.7 Å². The molecule has 1 aliphatic rings. The van der Waals surface area contributed by atoms with Gasteiger partial charge in [0.1, 0.15) is 5.82 Å². The summed E-state index contributed by atoms with van der Waals surface area (Å²) in [6.07, 6.45) is 7.04. The highest BCUT2D eigenvalue weighted by atomic mass is 32.1. The van der Waals surface area contributed by atoms with Crippen LogP contribution in [-0.4, -0.2) is 39.0 Å². The van der Waals surface area contributed by atoms with E-state index in [1.807, 2.05) is 11.4 Å². The molecule has 0 bridgehead atoms. The molecule has 1 unspecified atom stereocenters. The maximum Gasteiger partial charge on any atom is 0.306 e. The summed E-state index contributed by atoms with van der Waals surface area (Å²) in [5.74, 6) is -0.143. The van der Waals surface area contributed by atoms with Gasteiger partial charge in [0, 0.05) is 30.5 Å². The van der Waals surface area contributed by atoms with Crippen molar-refractivity contribution in [3.8, 4) is 0 Å². The van der Waals surface area contributed by atoms with E-state index >= 15 is 0 Å². The highest BCUT2D eigenvalue weighted by Crippen LogP contribution is 2.29. The Balaban J connectivity index is 1.33. The number of nitrogens with one attached hydrogen (secondary N) is 1. The van der Waals surface area contributed by atoms with Crippen molar-refractivity contribution in [1.29, 1.82) is 0 Å². The summed E-state index contributed by atoms with van der Waals surface area (Å²) in [6.45, 7) is 1.62. The van der Waals surface area contributed by atoms with Crippen LogP contribution in [0.4, 0.5) is 5.13 Å². The predicted octanol–water partition coefficient (Wildman–Crippen LogP) is 4.00. The zero-order valence-corrected chi connectivity index (χ0v) is 19.5. The summed E-state index contributed by atoms with van der Waals surface area (Å²) < 4.78 is 5.47. The van der Waals surface area contributed by atoms with Crippen molar-refractivity contribution in [2.24, 2.45) is 0 Å². The van der Waals surface area contributed by atoms with Gasteiger partial charge in [-0.05, 0) is 38.3 Å². The molecule has 1 saturated carbocycles. The number of esters is 1. The second kappa shape index (κ2) is 10.7. The highest BCUT2D eigenvalue weighted by Gasteiger charge is 2.33. The molecule has 1 amide bonds. The number of aromatic nitrogens is 3. The molecule has 4 rings (SSSR count). The molecule has 3 aromatic rings. The van der Waals surface area contributed by atoms with Crippen molar-refractivity contribution < 1.29 is 14.3 Å². The van der Waals surface area contributed by atoms with E-state index < -0.39 is 12.1 Å². The van der Waals surface area contributed by atoms with Gasteiger partial charge >= 0.3 is 5.97 Å². The molecule has 9 heteroatoms. The number of aryl methyl sites for hydroxylation is 1. The number of carbonyl (C=O) groups is 2. The van der Waals surface area contributed by atoms with E-state index in [2.05, 4.69) is 15.0 Å². The maximum atomic E-state index is 13.2. The Kier molecular flexibility index (Phi) is 7.49. The average Bonchev–Trinajstić information content (AvgIpc) is 3.34. The normalized spacial score (nSPS) is 15.3. The number of rotatable bonds is 8. The van der Waals surface area contributed by atoms with Gasteiger partial charge in [-0.25, -0.2) is 9.97 Å². The van der Waals surface area contributed by atoms with Gasteiger partial charge in [-0.15, -0.1) is 11.3 Å². The first-order chi connectivity index (χ1) is 16.0. The lowest BCUT2D eigenvalue weighted by atomic mass is 9.94. The Hall–Kier alpha value is -3.07. The number of thiazole rings is 1. The largest absolute Gasteiger partial charge is 0.453 e. The minimum absolute atomic E-state index is 0.0920. The summed E-state index contributed by atoms with van der Waals surface area (Å²) in [7, 11) is 0. The number of nitrogens with zero attached hydrogens (tertiary/aromatic N) is 3. The minimum Gasteiger partial charge on any atom is -0.453 e. The monoisotopic (exact) mass is 468 g/mol. The number of H-pyrrole nitrogens is 1. The number of carbonyl (C=O) groups excluding carboxylic acids is 2. The van der Waals surface area contributed by atoms with Gasteiger partial charge in [0.05, 0.1) is 10.9 Å². The first-order valence-electron chi connectivity index (χ1n) is 11.4. The Labute approximate surface area is 196 Å². The third kappa shape index (κ3) is 5.65. The van der Waals surface area contributed by atoms with E-state index in [1.54, 1.807) is 36.2 Å². The lowest BCUT2D eigenvalue weighted by Crippen LogP contribution is -2.47. The fourth-order valence-electron chi connectivity index (χ4n) is 4.26. The molecule has 174 valence electrons. The molecule has 1 N–H and O–H groups in total. The van der Waals surface area contributed by atoms with Crippen LogP contribution in [0.25, 0.3) is 10.9 Å². The Bertz CT molecular complexity index is 1150. The van der Waals surface area contributed by atoms with Crippen molar-refractivity contribution in [1.82, 2.24) is 15.0 Å². The van der Waals surface area contributed by atoms with Crippen molar-refractivity contribution in [3.05, 3.63) is 52.0 Å². The van der Waals surface area contributed by atoms with Gasteiger partial charge in [0.25, 0.3) is 11.5 Å². The molecule has 8 nitrogen and oxygen atoms in total. The number of fused-ring (bicyclic) bond motifs is 1. The molecule has 2 heterocycles. The van der Waals surface area contributed by atoms with Gasteiger partial charge in [-0.1, -0.05) is 31.4 Å². The van der Waals surface area contributed by atoms with Crippen molar-refractivity contribution in [3.63, 3.8) is 0 Å². The van der Waals surface area contributed by atoms with E-state index in [-0.39, 0.29) is 23.9 Å². The van der Waals surface area contributed by atoms with Crippen LogP contribution in [0.5, 0.6) is 0 Å². The van der Waals surface area contributed by atoms with Crippen molar-refractivity contribution >= 4 is 39.2 Å². The Morgan fingerprint density at radius 1 is 1.24 bits per heavy atom. The third-order valence-electron chi connectivity index (χ3n) is 5.92. The molecule has 0 aliphatic heterocycles. The van der Waals surface area contributed by atoms with Crippen LogP contribution < -0.4 is 10.5 Å². The standard InChI is InChI=1S/C24H28N4O4S/c1-16(23(31)28(24-25-14-15-33-24)17-8-3-2-4-9-17)32-21(29)13-7-12-20-26-19-11-6-5-10-18(19)22(30)27-20/h5-6,10-11,14-17H,2-4,7-9,12-13H2,1H3,(H,26,27,30). The zero-order chi connectivity index (χ0) is 23.2. The third-order valence-corrected chi connectivity index (χ3v) is 6.69. The lowest BCUT2D eigenvalue weighted by Gasteiger charge is -2.33. The minimum atomic E-state index is -0.887. The van der Waals surface area contributed by atoms with Crippen LogP contribution in [0.3, 0.4) is 0 Å². The van der Waals surface area contributed by atoms with Gasteiger partial charge in [-0.2, -0.15) is 0 Å². The van der Waals surface area contributed by atoms with Gasteiger partial charge in [0.2, 0.25) is 0 Å². The number of benzene rings is 1. The molecule has 1 fully saturated rings. The van der Waals surface area contributed by atoms with Crippen LogP contribution in [-0.2, 0) is 20.7 Å².